The van der Waals surface area contributed by atoms with Gasteiger partial charge in [0.1, 0.15) is 0 Å². The van der Waals surface area contributed by atoms with Crippen molar-refractivity contribution in [3.63, 3.8) is 0 Å². The number of fused-ring (bicyclic) bond motifs is 1. The van der Waals surface area contributed by atoms with E-state index in [1.165, 1.54) is 0 Å². The highest BCUT2D eigenvalue weighted by molar-refractivity contribution is 7.80. The Hall–Kier alpha value is -1.00. The first-order valence-electron chi connectivity index (χ1n) is 3.65. The Labute approximate surface area is 85.2 Å². The van der Waals surface area contributed by atoms with Crippen LogP contribution in [0.15, 0.2) is 28.8 Å². The molecule has 66 valence electrons. The van der Waals surface area contributed by atoms with Gasteiger partial charge < -0.3 is 0 Å². The van der Waals surface area contributed by atoms with Crippen LogP contribution in [0.1, 0.15) is 0 Å². The highest BCUT2D eigenvalue weighted by atomic mass is 35.5. The standard InChI is InChI=1S/C8H5ClN2OS/c9-4-1-2-6-5(3-4)7(12)11-8(13)10-6/h1-4H,(H,11,12,13). The van der Waals surface area contributed by atoms with E-state index in [1.54, 1.807) is 18.2 Å². The number of rotatable bonds is 0. The summed E-state index contributed by atoms with van der Waals surface area (Å²) >= 11 is 10.6. The maximum absolute atomic E-state index is 11.3. The quantitative estimate of drug-likeness (QED) is 0.480. The monoisotopic (exact) mass is 212 g/mol. The highest BCUT2D eigenvalue weighted by Gasteiger charge is 2.23. The average molecular weight is 213 g/mol. The van der Waals surface area contributed by atoms with Crippen LogP contribution in [0.2, 0.25) is 0 Å². The molecule has 1 heterocycles. The number of amides is 1. The number of thiocarbonyl (C=S) groups is 1. The molecule has 0 saturated carbocycles. The van der Waals surface area contributed by atoms with Crippen LogP contribution in [0.5, 0.6) is 0 Å². The molecular weight excluding hydrogens is 208 g/mol. The van der Waals surface area contributed by atoms with Gasteiger partial charge in [-0.25, -0.2) is 4.99 Å². The minimum atomic E-state index is -0.244. The number of hydrogen-bond acceptors (Lipinski definition) is 2. The second-order valence-corrected chi connectivity index (χ2v) is 3.53. The van der Waals surface area contributed by atoms with E-state index < -0.39 is 0 Å². The molecule has 1 amide bonds. The Balaban J connectivity index is 2.47. The van der Waals surface area contributed by atoms with Crippen LogP contribution >= 0.6 is 23.8 Å². The topological polar surface area (TPSA) is 41.5 Å². The summed E-state index contributed by atoms with van der Waals surface area (Å²) in [5, 5.41) is 2.40. The lowest BCUT2D eigenvalue weighted by Crippen LogP contribution is -2.37. The molecule has 1 unspecified atom stereocenters. The second kappa shape index (κ2) is 3.05. The molecule has 0 bridgehead atoms. The summed E-state index contributed by atoms with van der Waals surface area (Å²) in [7, 11) is 0. The average Bonchev–Trinajstić information content (AvgIpc) is 2.06. The number of allylic oxidation sites excluding steroid dienone is 3. The SMILES string of the molecule is O=C1NC(=S)N=C2C=CC(Cl)C=C12. The van der Waals surface area contributed by atoms with Crippen molar-refractivity contribution in [1.82, 2.24) is 5.32 Å². The molecule has 2 rings (SSSR count). The molecule has 0 aromatic heterocycles. The van der Waals surface area contributed by atoms with Gasteiger partial charge in [0.05, 0.1) is 16.7 Å². The van der Waals surface area contributed by atoms with Crippen molar-refractivity contribution in [2.24, 2.45) is 4.99 Å². The van der Waals surface area contributed by atoms with E-state index in [9.17, 15) is 4.79 Å². The number of nitrogens with one attached hydrogen (secondary N) is 1. The van der Waals surface area contributed by atoms with Crippen molar-refractivity contribution < 1.29 is 4.79 Å². The van der Waals surface area contributed by atoms with Gasteiger partial charge in [-0.15, -0.1) is 11.6 Å². The molecule has 0 aromatic rings. The fraction of sp³-hybridized carbons (Fsp3) is 0.125. The van der Waals surface area contributed by atoms with Gasteiger partial charge in [0.25, 0.3) is 5.91 Å². The molecule has 1 N–H and O–H groups in total. The lowest BCUT2D eigenvalue weighted by molar-refractivity contribution is -0.115. The number of alkyl halides is 1. The molecule has 0 radical (unpaired) electrons. The van der Waals surface area contributed by atoms with Gasteiger partial charge >= 0.3 is 0 Å². The number of hydrogen-bond donors (Lipinski definition) is 1. The zero-order chi connectivity index (χ0) is 9.42. The molecule has 0 spiro atoms. The number of halogens is 1. The molecule has 0 fully saturated rings. The summed E-state index contributed by atoms with van der Waals surface area (Å²) in [4.78, 5) is 15.3. The van der Waals surface area contributed by atoms with Crippen LogP contribution in [0, 0.1) is 0 Å². The van der Waals surface area contributed by atoms with E-state index in [1.807, 2.05) is 0 Å². The minimum Gasteiger partial charge on any atom is -0.297 e. The van der Waals surface area contributed by atoms with Gasteiger partial charge in [0.15, 0.2) is 5.11 Å². The fourth-order valence-electron chi connectivity index (χ4n) is 1.16. The summed E-state index contributed by atoms with van der Waals surface area (Å²) in [6.45, 7) is 0. The summed E-state index contributed by atoms with van der Waals surface area (Å²) in [6.07, 6.45) is 5.11. The summed E-state index contributed by atoms with van der Waals surface area (Å²) in [6, 6.07) is 0. The lowest BCUT2D eigenvalue weighted by atomic mass is 10.0. The van der Waals surface area contributed by atoms with E-state index in [0.29, 0.717) is 11.3 Å². The van der Waals surface area contributed by atoms with E-state index in [0.717, 1.165) is 0 Å². The van der Waals surface area contributed by atoms with Crippen molar-refractivity contribution in [3.05, 3.63) is 23.8 Å². The Kier molecular flexibility index (Phi) is 2.01. The summed E-state index contributed by atoms with van der Waals surface area (Å²) in [5.74, 6) is -0.231. The van der Waals surface area contributed by atoms with Crippen molar-refractivity contribution >= 4 is 40.6 Å². The summed E-state index contributed by atoms with van der Waals surface area (Å²) < 4.78 is 0. The van der Waals surface area contributed by atoms with E-state index >= 15 is 0 Å². The molecule has 1 atom stereocenters. The third kappa shape index (κ3) is 1.55. The molecule has 1 aliphatic heterocycles. The van der Waals surface area contributed by atoms with Crippen molar-refractivity contribution in [1.29, 1.82) is 0 Å². The minimum absolute atomic E-state index is 0.204. The van der Waals surface area contributed by atoms with Crippen LogP contribution in [0.4, 0.5) is 0 Å². The fourth-order valence-corrected chi connectivity index (χ4v) is 1.55. The number of carbonyl (C=O) groups excluding carboxylic acids is 1. The normalized spacial score (nSPS) is 26.1. The Morgan fingerprint density at radius 2 is 2.38 bits per heavy atom. The van der Waals surface area contributed by atoms with Gasteiger partial charge in [-0.3, -0.25) is 10.1 Å². The van der Waals surface area contributed by atoms with E-state index in [4.69, 9.17) is 23.8 Å². The first-order chi connectivity index (χ1) is 6.16. The predicted molar refractivity (Wildman–Crippen MR) is 55.0 cm³/mol. The molecule has 5 heteroatoms. The lowest BCUT2D eigenvalue weighted by Gasteiger charge is -2.17. The van der Waals surface area contributed by atoms with Gasteiger partial charge in [-0.2, -0.15) is 0 Å². The van der Waals surface area contributed by atoms with Crippen LogP contribution < -0.4 is 5.32 Å². The van der Waals surface area contributed by atoms with Crippen LogP contribution in [0.25, 0.3) is 0 Å². The third-order valence-corrected chi connectivity index (χ3v) is 2.19. The maximum atomic E-state index is 11.3. The third-order valence-electron chi connectivity index (χ3n) is 1.73. The first-order valence-corrected chi connectivity index (χ1v) is 4.50. The van der Waals surface area contributed by atoms with Crippen molar-refractivity contribution in [2.75, 3.05) is 0 Å². The Morgan fingerprint density at radius 1 is 1.62 bits per heavy atom. The molecular formula is C8H5ClN2OS. The zero-order valence-corrected chi connectivity index (χ0v) is 8.02. The summed E-state index contributed by atoms with van der Waals surface area (Å²) in [5.41, 5.74) is 1.08. The number of aliphatic imine (C=N–C) groups is 1. The Bertz CT molecular complexity index is 384. The van der Waals surface area contributed by atoms with Crippen LogP contribution in [-0.2, 0) is 4.79 Å². The van der Waals surface area contributed by atoms with Gasteiger partial charge in [0.2, 0.25) is 0 Å². The van der Waals surface area contributed by atoms with Crippen LogP contribution in [0.3, 0.4) is 0 Å². The molecule has 2 aliphatic rings. The highest BCUT2D eigenvalue weighted by Crippen LogP contribution is 2.16. The molecule has 13 heavy (non-hydrogen) atoms. The first kappa shape index (κ1) is 8.59. The number of carbonyl (C=O) groups is 1. The molecule has 1 aliphatic carbocycles. The second-order valence-electron chi connectivity index (χ2n) is 2.64. The predicted octanol–water partition coefficient (Wildman–Crippen LogP) is 0.946. The van der Waals surface area contributed by atoms with Gasteiger partial charge in [-0.05, 0) is 24.4 Å². The van der Waals surface area contributed by atoms with Gasteiger partial charge in [-0.1, -0.05) is 6.08 Å². The maximum Gasteiger partial charge on any atom is 0.259 e. The largest absolute Gasteiger partial charge is 0.297 e. The van der Waals surface area contributed by atoms with Crippen molar-refractivity contribution in [2.45, 2.75) is 5.38 Å². The Morgan fingerprint density at radius 3 is 3.15 bits per heavy atom. The van der Waals surface area contributed by atoms with Gasteiger partial charge in [0, 0.05) is 0 Å². The molecule has 0 aromatic carbocycles. The zero-order valence-electron chi connectivity index (χ0n) is 6.45. The van der Waals surface area contributed by atoms with Crippen LogP contribution in [-0.4, -0.2) is 22.1 Å². The molecule has 3 nitrogen and oxygen atoms in total. The van der Waals surface area contributed by atoms with Crippen molar-refractivity contribution in [3.8, 4) is 0 Å². The number of nitrogens with zero attached hydrogens (tertiary/aromatic N) is 1. The van der Waals surface area contributed by atoms with E-state index in [2.05, 4.69) is 10.3 Å². The smallest absolute Gasteiger partial charge is 0.259 e. The van der Waals surface area contributed by atoms with E-state index in [-0.39, 0.29) is 16.4 Å². The molecule has 0 saturated heterocycles.